The van der Waals surface area contributed by atoms with Gasteiger partial charge >= 0.3 is 0 Å². The molecule has 0 aromatic heterocycles. The van der Waals surface area contributed by atoms with Crippen molar-refractivity contribution < 1.29 is 0 Å². The molecular weight excluding hydrogens is 184 g/mol. The predicted molar refractivity (Wildman–Crippen MR) is 69.0 cm³/mol. The predicted octanol–water partition coefficient (Wildman–Crippen LogP) is 2.87. The van der Waals surface area contributed by atoms with Crippen LogP contribution in [0.3, 0.4) is 0 Å². The number of likely N-dealkylation sites (N-methyl/N-ethyl adjacent to an activating group) is 1. The Labute approximate surface area is 96.2 Å². The Morgan fingerprint density at radius 3 is 1.67 bits per heavy atom. The van der Waals surface area contributed by atoms with Gasteiger partial charge in [-0.25, -0.2) is 0 Å². The van der Waals surface area contributed by atoms with E-state index in [1.165, 1.54) is 25.7 Å². The van der Waals surface area contributed by atoms with Gasteiger partial charge in [0.15, 0.2) is 0 Å². The lowest BCUT2D eigenvalue weighted by Crippen LogP contribution is -2.47. The second-order valence-corrected chi connectivity index (χ2v) is 4.52. The van der Waals surface area contributed by atoms with Gasteiger partial charge in [0.2, 0.25) is 0 Å². The van der Waals surface area contributed by atoms with Crippen LogP contribution < -0.4 is 5.73 Å². The standard InChI is InChI=1S/C13H30N2/c1-6-11(7-2)13(10-14)15(5)12(8-3)9-4/h11-13H,6-10,14H2,1-5H3. The lowest BCUT2D eigenvalue weighted by molar-refractivity contribution is 0.116. The van der Waals surface area contributed by atoms with Crippen molar-refractivity contribution in [1.82, 2.24) is 4.90 Å². The largest absolute Gasteiger partial charge is 0.329 e. The highest BCUT2D eigenvalue weighted by atomic mass is 15.2. The van der Waals surface area contributed by atoms with E-state index in [-0.39, 0.29) is 0 Å². The van der Waals surface area contributed by atoms with E-state index in [4.69, 9.17) is 5.73 Å². The van der Waals surface area contributed by atoms with Crippen molar-refractivity contribution in [3.8, 4) is 0 Å². The van der Waals surface area contributed by atoms with Gasteiger partial charge in [-0.05, 0) is 25.8 Å². The Bertz CT molecular complexity index is 139. The molecule has 0 aliphatic rings. The smallest absolute Gasteiger partial charge is 0.0246 e. The van der Waals surface area contributed by atoms with Crippen LogP contribution in [0.15, 0.2) is 0 Å². The summed E-state index contributed by atoms with van der Waals surface area (Å²) in [5.74, 6) is 0.751. The van der Waals surface area contributed by atoms with Crippen LogP contribution in [0.1, 0.15) is 53.4 Å². The van der Waals surface area contributed by atoms with Crippen LogP contribution in [0.4, 0.5) is 0 Å². The minimum atomic E-state index is 0.560. The van der Waals surface area contributed by atoms with E-state index >= 15 is 0 Å². The lowest BCUT2D eigenvalue weighted by Gasteiger charge is -2.38. The van der Waals surface area contributed by atoms with Crippen molar-refractivity contribution in [1.29, 1.82) is 0 Å². The van der Waals surface area contributed by atoms with Crippen molar-refractivity contribution in [2.75, 3.05) is 13.6 Å². The lowest BCUT2D eigenvalue weighted by atomic mass is 9.91. The first-order valence-corrected chi connectivity index (χ1v) is 6.57. The number of hydrogen-bond donors (Lipinski definition) is 1. The first-order valence-electron chi connectivity index (χ1n) is 6.57. The highest BCUT2D eigenvalue weighted by Gasteiger charge is 2.24. The van der Waals surface area contributed by atoms with Gasteiger partial charge in [0.05, 0.1) is 0 Å². The highest BCUT2D eigenvalue weighted by Crippen LogP contribution is 2.20. The van der Waals surface area contributed by atoms with E-state index < -0.39 is 0 Å². The molecule has 1 atom stereocenters. The van der Waals surface area contributed by atoms with E-state index in [1.807, 2.05) is 0 Å². The third-order valence-electron chi connectivity index (χ3n) is 3.88. The normalized spacial score (nSPS) is 14.2. The molecule has 0 aliphatic heterocycles. The summed E-state index contributed by atoms with van der Waals surface area (Å²) >= 11 is 0. The Hall–Kier alpha value is -0.0800. The summed E-state index contributed by atoms with van der Waals surface area (Å²) in [6.07, 6.45) is 4.93. The van der Waals surface area contributed by atoms with Gasteiger partial charge in [-0.3, -0.25) is 4.90 Å². The number of rotatable bonds is 8. The van der Waals surface area contributed by atoms with Gasteiger partial charge in [0, 0.05) is 18.6 Å². The molecule has 0 heterocycles. The van der Waals surface area contributed by atoms with Crippen molar-refractivity contribution in [3.05, 3.63) is 0 Å². The van der Waals surface area contributed by atoms with Gasteiger partial charge in [0.1, 0.15) is 0 Å². The fraction of sp³-hybridized carbons (Fsp3) is 1.00. The van der Waals surface area contributed by atoms with Crippen molar-refractivity contribution in [3.63, 3.8) is 0 Å². The average molecular weight is 214 g/mol. The van der Waals surface area contributed by atoms with E-state index in [1.54, 1.807) is 0 Å². The molecule has 2 heteroatoms. The highest BCUT2D eigenvalue weighted by molar-refractivity contribution is 4.81. The summed E-state index contributed by atoms with van der Waals surface area (Å²) in [6.45, 7) is 9.88. The van der Waals surface area contributed by atoms with E-state index in [2.05, 4.69) is 39.6 Å². The van der Waals surface area contributed by atoms with Crippen LogP contribution in [-0.2, 0) is 0 Å². The Morgan fingerprint density at radius 2 is 1.40 bits per heavy atom. The molecule has 0 rings (SSSR count). The summed E-state index contributed by atoms with van der Waals surface area (Å²) in [4.78, 5) is 2.51. The fourth-order valence-electron chi connectivity index (χ4n) is 2.66. The molecule has 0 aliphatic carbocycles. The molecule has 0 fully saturated rings. The maximum atomic E-state index is 5.93. The third-order valence-corrected chi connectivity index (χ3v) is 3.88. The van der Waals surface area contributed by atoms with E-state index in [9.17, 15) is 0 Å². The average Bonchev–Trinajstić information content (AvgIpc) is 2.27. The first kappa shape index (κ1) is 14.9. The summed E-state index contributed by atoms with van der Waals surface area (Å²) in [7, 11) is 2.24. The molecule has 0 radical (unpaired) electrons. The molecule has 92 valence electrons. The third kappa shape index (κ3) is 4.12. The second-order valence-electron chi connectivity index (χ2n) is 4.52. The molecule has 2 nitrogen and oxygen atoms in total. The zero-order valence-electron chi connectivity index (χ0n) is 11.3. The Kier molecular flexibility index (Phi) is 8.07. The van der Waals surface area contributed by atoms with Gasteiger partial charge in [-0.15, -0.1) is 0 Å². The fourth-order valence-corrected chi connectivity index (χ4v) is 2.66. The summed E-state index contributed by atoms with van der Waals surface area (Å²) in [6, 6.07) is 1.25. The monoisotopic (exact) mass is 214 g/mol. The van der Waals surface area contributed by atoms with Crippen LogP contribution in [0.25, 0.3) is 0 Å². The minimum Gasteiger partial charge on any atom is -0.329 e. The van der Waals surface area contributed by atoms with Gasteiger partial charge in [0.25, 0.3) is 0 Å². The van der Waals surface area contributed by atoms with Crippen LogP contribution >= 0.6 is 0 Å². The molecule has 0 bridgehead atoms. The van der Waals surface area contributed by atoms with Crippen LogP contribution in [0.5, 0.6) is 0 Å². The first-order chi connectivity index (χ1) is 7.15. The number of hydrogen-bond acceptors (Lipinski definition) is 2. The zero-order chi connectivity index (χ0) is 11.8. The maximum Gasteiger partial charge on any atom is 0.0246 e. The van der Waals surface area contributed by atoms with Crippen molar-refractivity contribution >= 4 is 0 Å². The zero-order valence-corrected chi connectivity index (χ0v) is 11.3. The Morgan fingerprint density at radius 1 is 0.933 bits per heavy atom. The molecular formula is C13H30N2. The summed E-state index contributed by atoms with van der Waals surface area (Å²) in [5.41, 5.74) is 5.93. The van der Waals surface area contributed by atoms with Crippen LogP contribution in [0, 0.1) is 5.92 Å². The molecule has 0 saturated heterocycles. The molecule has 0 spiro atoms. The summed E-state index contributed by atoms with van der Waals surface area (Å²) < 4.78 is 0. The van der Waals surface area contributed by atoms with Crippen LogP contribution in [0.2, 0.25) is 0 Å². The second kappa shape index (κ2) is 8.12. The van der Waals surface area contributed by atoms with Gasteiger partial charge in [-0.2, -0.15) is 0 Å². The Balaban J connectivity index is 4.48. The van der Waals surface area contributed by atoms with Crippen LogP contribution in [-0.4, -0.2) is 30.6 Å². The molecule has 0 amide bonds. The van der Waals surface area contributed by atoms with Gasteiger partial charge in [-0.1, -0.05) is 40.5 Å². The van der Waals surface area contributed by atoms with E-state index in [0.29, 0.717) is 12.1 Å². The molecule has 0 aromatic carbocycles. The molecule has 0 saturated carbocycles. The molecule has 15 heavy (non-hydrogen) atoms. The maximum absolute atomic E-state index is 5.93. The van der Waals surface area contributed by atoms with Gasteiger partial charge < -0.3 is 5.73 Å². The van der Waals surface area contributed by atoms with E-state index in [0.717, 1.165) is 12.5 Å². The molecule has 2 N–H and O–H groups in total. The quantitative estimate of drug-likeness (QED) is 0.673. The summed E-state index contributed by atoms with van der Waals surface area (Å²) in [5, 5.41) is 0. The molecule has 0 aromatic rings. The minimum absolute atomic E-state index is 0.560. The topological polar surface area (TPSA) is 29.3 Å². The van der Waals surface area contributed by atoms with Crippen molar-refractivity contribution in [2.45, 2.75) is 65.5 Å². The van der Waals surface area contributed by atoms with Crippen molar-refractivity contribution in [2.24, 2.45) is 11.7 Å². The molecule has 1 unspecified atom stereocenters. The SMILES string of the molecule is CCC(CC)C(CN)N(C)C(CC)CC. The number of nitrogens with two attached hydrogens (primary N) is 1. The number of nitrogens with zero attached hydrogens (tertiary/aromatic N) is 1.